The van der Waals surface area contributed by atoms with Crippen LogP contribution in [0.3, 0.4) is 0 Å². The van der Waals surface area contributed by atoms with Crippen molar-refractivity contribution in [3.63, 3.8) is 0 Å². The fourth-order valence-electron chi connectivity index (χ4n) is 4.49. The topological polar surface area (TPSA) is 23.6 Å². The third-order valence-electron chi connectivity index (χ3n) is 6.18. The van der Waals surface area contributed by atoms with E-state index in [1.165, 1.54) is 16.0 Å². The third-order valence-corrected chi connectivity index (χ3v) is 7.60. The van der Waals surface area contributed by atoms with Crippen molar-refractivity contribution in [2.75, 3.05) is 18.0 Å². The van der Waals surface area contributed by atoms with E-state index in [1.54, 1.807) is 11.8 Å². The van der Waals surface area contributed by atoms with E-state index in [4.69, 9.17) is 11.6 Å². The van der Waals surface area contributed by atoms with Gasteiger partial charge in [0.1, 0.15) is 0 Å². The van der Waals surface area contributed by atoms with Crippen LogP contribution in [0.4, 0.5) is 5.69 Å². The smallest absolute Gasteiger partial charge is 0.230 e. The number of fused-ring (bicyclic) bond motifs is 2. The molecule has 5 heteroatoms. The van der Waals surface area contributed by atoms with Crippen molar-refractivity contribution in [2.45, 2.75) is 35.7 Å². The molecule has 0 aromatic heterocycles. The van der Waals surface area contributed by atoms with Crippen LogP contribution in [-0.4, -0.2) is 23.9 Å². The van der Waals surface area contributed by atoms with Gasteiger partial charge in [-0.25, -0.2) is 0 Å². The first-order valence-corrected chi connectivity index (χ1v) is 12.0. The van der Waals surface area contributed by atoms with E-state index in [-0.39, 0.29) is 11.8 Å². The van der Waals surface area contributed by atoms with Crippen molar-refractivity contribution in [2.24, 2.45) is 5.92 Å². The normalized spacial score (nSPS) is 17.0. The quantitative estimate of drug-likeness (QED) is 0.473. The predicted octanol–water partition coefficient (Wildman–Crippen LogP) is 6.25. The summed E-state index contributed by atoms with van der Waals surface area (Å²) < 4.78 is 0. The number of carbonyl (C=O) groups excluding carboxylic acids is 1. The summed E-state index contributed by atoms with van der Waals surface area (Å²) >= 11 is 8.06. The minimum Gasteiger partial charge on any atom is -0.307 e. The van der Waals surface area contributed by atoms with Gasteiger partial charge in [0.05, 0.1) is 12.2 Å². The first-order chi connectivity index (χ1) is 15.2. The average molecular weight is 449 g/mol. The Morgan fingerprint density at radius 1 is 0.935 bits per heavy atom. The second-order valence-electron chi connectivity index (χ2n) is 8.28. The number of halogens is 1. The number of hydrogen-bond donors (Lipinski definition) is 0. The maximum absolute atomic E-state index is 13.7. The summed E-state index contributed by atoms with van der Waals surface area (Å²) in [6.07, 6.45) is 1.79. The number of piperidine rings is 1. The fraction of sp³-hybridized carbons (Fsp3) is 0.269. The molecule has 2 aliphatic heterocycles. The highest BCUT2D eigenvalue weighted by Crippen LogP contribution is 2.43. The summed E-state index contributed by atoms with van der Waals surface area (Å²) in [7, 11) is 0. The van der Waals surface area contributed by atoms with Gasteiger partial charge in [-0.1, -0.05) is 71.9 Å². The average Bonchev–Trinajstić information content (AvgIpc) is 2.96. The summed E-state index contributed by atoms with van der Waals surface area (Å²) in [5, 5.41) is 0.667. The number of amides is 1. The summed E-state index contributed by atoms with van der Waals surface area (Å²) in [5.74, 6) is 0.272. The van der Waals surface area contributed by atoms with Crippen LogP contribution < -0.4 is 4.90 Å². The molecule has 5 rings (SSSR count). The number of rotatable bonds is 3. The van der Waals surface area contributed by atoms with Gasteiger partial charge in [0.2, 0.25) is 5.91 Å². The van der Waals surface area contributed by atoms with Gasteiger partial charge in [-0.05, 0) is 61.3 Å². The molecule has 31 heavy (non-hydrogen) atoms. The van der Waals surface area contributed by atoms with Crippen molar-refractivity contribution in [3.8, 4) is 0 Å². The van der Waals surface area contributed by atoms with Gasteiger partial charge >= 0.3 is 0 Å². The Bertz CT molecular complexity index is 1080. The molecule has 0 saturated carbocycles. The van der Waals surface area contributed by atoms with Crippen LogP contribution in [0.2, 0.25) is 5.02 Å². The van der Waals surface area contributed by atoms with Gasteiger partial charge < -0.3 is 4.90 Å². The van der Waals surface area contributed by atoms with Crippen molar-refractivity contribution in [1.82, 2.24) is 4.90 Å². The lowest BCUT2D eigenvalue weighted by atomic mass is 9.94. The highest BCUT2D eigenvalue weighted by molar-refractivity contribution is 7.99. The molecule has 0 atom stereocenters. The zero-order chi connectivity index (χ0) is 21.2. The lowest BCUT2D eigenvalue weighted by Gasteiger charge is -2.34. The molecule has 0 unspecified atom stereocenters. The van der Waals surface area contributed by atoms with Crippen LogP contribution in [0.5, 0.6) is 0 Å². The molecule has 1 saturated heterocycles. The van der Waals surface area contributed by atoms with Crippen molar-refractivity contribution in [3.05, 3.63) is 88.9 Å². The zero-order valence-corrected chi connectivity index (χ0v) is 18.9. The van der Waals surface area contributed by atoms with Crippen LogP contribution in [0.15, 0.2) is 82.6 Å². The molecular weight excluding hydrogens is 424 g/mol. The molecule has 3 nitrogen and oxygen atoms in total. The Morgan fingerprint density at radius 3 is 2.48 bits per heavy atom. The Labute approximate surface area is 193 Å². The minimum atomic E-state index is 0.0501. The molecule has 0 N–H and O–H groups in total. The van der Waals surface area contributed by atoms with E-state index < -0.39 is 0 Å². The lowest BCUT2D eigenvalue weighted by Crippen LogP contribution is -2.42. The Morgan fingerprint density at radius 2 is 1.68 bits per heavy atom. The summed E-state index contributed by atoms with van der Waals surface area (Å²) in [6.45, 7) is 3.45. The Hall–Kier alpha value is -2.27. The van der Waals surface area contributed by atoms with E-state index in [1.807, 2.05) is 29.2 Å². The number of carbonyl (C=O) groups is 1. The van der Waals surface area contributed by atoms with Gasteiger partial charge in [0, 0.05) is 27.3 Å². The van der Waals surface area contributed by atoms with Crippen LogP contribution >= 0.6 is 23.4 Å². The van der Waals surface area contributed by atoms with Crippen molar-refractivity contribution < 1.29 is 4.79 Å². The largest absolute Gasteiger partial charge is 0.307 e. The molecule has 3 aromatic carbocycles. The Balaban J connectivity index is 1.34. The number of anilines is 1. The second-order valence-corrected chi connectivity index (χ2v) is 9.80. The van der Waals surface area contributed by atoms with Crippen LogP contribution in [0, 0.1) is 5.92 Å². The minimum absolute atomic E-state index is 0.0501. The number of nitrogens with zero attached hydrogens (tertiary/aromatic N) is 2. The molecule has 3 aromatic rings. The fourth-order valence-corrected chi connectivity index (χ4v) is 5.72. The van der Waals surface area contributed by atoms with Crippen LogP contribution in [-0.2, 0) is 17.9 Å². The molecule has 158 valence electrons. The molecule has 1 fully saturated rings. The first-order valence-electron chi connectivity index (χ1n) is 10.8. The van der Waals surface area contributed by atoms with E-state index in [0.29, 0.717) is 11.6 Å². The molecule has 1 amide bonds. The van der Waals surface area contributed by atoms with Gasteiger partial charge in [0.15, 0.2) is 0 Å². The van der Waals surface area contributed by atoms with Crippen molar-refractivity contribution in [1.29, 1.82) is 0 Å². The van der Waals surface area contributed by atoms with E-state index in [2.05, 4.69) is 53.4 Å². The number of hydrogen-bond acceptors (Lipinski definition) is 3. The highest BCUT2D eigenvalue weighted by atomic mass is 35.5. The van der Waals surface area contributed by atoms with Crippen LogP contribution in [0.25, 0.3) is 0 Å². The van der Waals surface area contributed by atoms with Gasteiger partial charge in [-0.15, -0.1) is 0 Å². The lowest BCUT2D eigenvalue weighted by molar-refractivity contribution is -0.124. The molecule has 0 bridgehead atoms. The Kier molecular flexibility index (Phi) is 6.04. The van der Waals surface area contributed by atoms with E-state index in [0.717, 1.165) is 43.1 Å². The van der Waals surface area contributed by atoms with E-state index >= 15 is 0 Å². The van der Waals surface area contributed by atoms with Crippen LogP contribution in [0.1, 0.15) is 24.0 Å². The monoisotopic (exact) mass is 448 g/mol. The van der Waals surface area contributed by atoms with Gasteiger partial charge in [0.25, 0.3) is 0 Å². The summed E-state index contributed by atoms with van der Waals surface area (Å²) in [5.41, 5.74) is 3.46. The molecular formula is C26H25ClN2OS. The molecule has 0 aliphatic carbocycles. The van der Waals surface area contributed by atoms with Crippen molar-refractivity contribution >= 4 is 35.0 Å². The maximum atomic E-state index is 13.7. The number of likely N-dealkylation sites (tertiary alicyclic amines) is 1. The van der Waals surface area contributed by atoms with Gasteiger partial charge in [-0.3, -0.25) is 9.69 Å². The summed E-state index contributed by atoms with van der Waals surface area (Å²) in [6, 6.07) is 24.8. The van der Waals surface area contributed by atoms with E-state index in [9.17, 15) is 4.79 Å². The zero-order valence-electron chi connectivity index (χ0n) is 17.3. The predicted molar refractivity (Wildman–Crippen MR) is 128 cm³/mol. The standard InChI is InChI=1S/C26H25ClN2OS/c27-22-10-11-25-23(16-22)29(18-21-8-4-5-9-24(21)31-25)26(30)20-12-14-28(15-13-20)17-19-6-2-1-3-7-19/h1-11,16,20H,12-15,17-18H2. The number of benzene rings is 3. The SMILES string of the molecule is O=C(C1CCN(Cc2ccccc2)CC1)N1Cc2ccccc2Sc2ccc(Cl)cc21. The molecule has 2 aliphatic rings. The van der Waals surface area contributed by atoms with Gasteiger partial charge in [-0.2, -0.15) is 0 Å². The molecule has 0 spiro atoms. The summed E-state index contributed by atoms with van der Waals surface area (Å²) in [4.78, 5) is 20.4. The third kappa shape index (κ3) is 4.52. The molecule has 0 radical (unpaired) electrons. The molecule has 2 heterocycles. The highest BCUT2D eigenvalue weighted by Gasteiger charge is 2.32. The maximum Gasteiger partial charge on any atom is 0.230 e. The first kappa shape index (κ1) is 20.6. The second kappa shape index (κ2) is 9.07.